The van der Waals surface area contributed by atoms with E-state index in [9.17, 15) is 9.59 Å². The fourth-order valence-corrected chi connectivity index (χ4v) is 3.98. The highest BCUT2D eigenvalue weighted by molar-refractivity contribution is 9.10. The number of Topliss-reactive ketones (excluding diaryl/α,β-unsaturated/α-hetero) is 1. The molecule has 6 heteroatoms. The number of carbonyl (C=O) groups excluding carboxylic acids is 2. The second-order valence-corrected chi connectivity index (χ2v) is 9.33. The monoisotopic (exact) mass is 408 g/mol. The Kier molecular flexibility index (Phi) is 4.46. The molecule has 2 heterocycles. The van der Waals surface area contributed by atoms with Gasteiger partial charge in [-0.3, -0.25) is 9.69 Å². The van der Waals surface area contributed by atoms with Crippen molar-refractivity contribution in [2.24, 2.45) is 5.41 Å². The maximum Gasteiger partial charge on any atom is 0.411 e. The number of hydrogen-bond acceptors (Lipinski definition) is 4. The molecule has 0 unspecified atom stereocenters. The maximum atomic E-state index is 13.0. The number of rotatable bonds is 3. The highest BCUT2D eigenvalue weighted by Crippen LogP contribution is 2.59. The minimum atomic E-state index is -0.568. The molecule has 1 saturated carbocycles. The third kappa shape index (κ3) is 3.73. The number of fused-ring (bicyclic) bond motifs is 1. The van der Waals surface area contributed by atoms with Gasteiger partial charge in [0.25, 0.3) is 0 Å². The smallest absolute Gasteiger partial charge is 0.411 e. The van der Waals surface area contributed by atoms with Crippen molar-refractivity contribution in [3.05, 3.63) is 28.0 Å². The quantitative estimate of drug-likeness (QED) is 0.707. The van der Waals surface area contributed by atoms with Gasteiger partial charge in [-0.05, 0) is 73.5 Å². The van der Waals surface area contributed by atoms with Crippen LogP contribution in [0.25, 0.3) is 0 Å². The minimum Gasteiger partial charge on any atom is -0.444 e. The Labute approximate surface area is 157 Å². The van der Waals surface area contributed by atoms with E-state index in [0.29, 0.717) is 11.0 Å². The Morgan fingerprint density at radius 3 is 2.68 bits per heavy atom. The Hall–Kier alpha value is -1.43. The van der Waals surface area contributed by atoms with Gasteiger partial charge in [0.15, 0.2) is 5.78 Å². The number of ketones is 1. The molecule has 1 saturated heterocycles. The predicted molar refractivity (Wildman–Crippen MR) is 98.4 cm³/mol. The van der Waals surface area contributed by atoms with E-state index in [-0.39, 0.29) is 29.8 Å². The van der Waals surface area contributed by atoms with Gasteiger partial charge in [0.2, 0.25) is 0 Å². The molecule has 2 aliphatic rings. The van der Waals surface area contributed by atoms with Crippen molar-refractivity contribution in [1.82, 2.24) is 9.88 Å². The second kappa shape index (κ2) is 6.08. The molecule has 0 spiro atoms. The number of pyridine rings is 1. The van der Waals surface area contributed by atoms with Crippen molar-refractivity contribution in [1.29, 1.82) is 0 Å². The number of nitrogens with zero attached hydrogens (tertiary/aromatic N) is 2. The first-order valence-corrected chi connectivity index (χ1v) is 9.45. The molecule has 0 N–H and O–H groups in total. The lowest BCUT2D eigenvalue weighted by Crippen LogP contribution is -2.46. The molecule has 1 amide bonds. The second-order valence-electron chi connectivity index (χ2n) is 8.52. The molecule has 25 heavy (non-hydrogen) atoms. The third-order valence-electron chi connectivity index (χ3n) is 5.12. The highest BCUT2D eigenvalue weighted by atomic mass is 79.9. The molecular weight excluding hydrogens is 384 g/mol. The van der Waals surface area contributed by atoms with E-state index in [1.54, 1.807) is 4.90 Å². The molecule has 1 aliphatic heterocycles. The number of aromatic nitrogens is 1. The molecular formula is C19H25BrN2O3. The van der Waals surface area contributed by atoms with Crippen molar-refractivity contribution in [2.45, 2.75) is 71.6 Å². The molecule has 1 aliphatic carbocycles. The summed E-state index contributed by atoms with van der Waals surface area (Å²) in [4.78, 5) is 31.7. The van der Waals surface area contributed by atoms with E-state index in [1.807, 2.05) is 39.8 Å². The summed E-state index contributed by atoms with van der Waals surface area (Å²) >= 11 is 3.36. The summed E-state index contributed by atoms with van der Waals surface area (Å²) in [5.41, 5.74) is 1.22. The zero-order valence-electron chi connectivity index (χ0n) is 15.4. The van der Waals surface area contributed by atoms with E-state index in [1.165, 1.54) is 0 Å². The zero-order chi connectivity index (χ0) is 18.6. The zero-order valence-corrected chi connectivity index (χ0v) is 17.0. The molecule has 136 valence electrons. The average molecular weight is 409 g/mol. The van der Waals surface area contributed by atoms with Crippen LogP contribution in [0.1, 0.15) is 51.8 Å². The van der Waals surface area contributed by atoms with Crippen LogP contribution >= 0.6 is 15.9 Å². The Morgan fingerprint density at radius 1 is 1.36 bits per heavy atom. The third-order valence-corrected chi connectivity index (χ3v) is 5.56. The standard InChI is InChI=1S/C19H25BrN2O3/c1-11-6-7-16(20)21-12(11)8-14(23)13-9-19(5)10-15(19)22(13)17(24)25-18(2,3)4/h6-7,13,15H,8-10H2,1-5H3/t13-,15+,19-/m0/s1. The number of ether oxygens (including phenoxy) is 1. The lowest BCUT2D eigenvalue weighted by molar-refractivity contribution is -0.123. The van der Waals surface area contributed by atoms with Gasteiger partial charge in [-0.15, -0.1) is 0 Å². The first-order valence-electron chi connectivity index (χ1n) is 8.66. The van der Waals surface area contributed by atoms with Gasteiger partial charge in [-0.1, -0.05) is 13.0 Å². The summed E-state index contributed by atoms with van der Waals surface area (Å²) in [5.74, 6) is 0.0352. The topological polar surface area (TPSA) is 59.5 Å². The van der Waals surface area contributed by atoms with Crippen LogP contribution < -0.4 is 0 Å². The Morgan fingerprint density at radius 2 is 2.04 bits per heavy atom. The Bertz CT molecular complexity index is 728. The van der Waals surface area contributed by atoms with E-state index < -0.39 is 11.6 Å². The summed E-state index contributed by atoms with van der Waals surface area (Å²) < 4.78 is 6.26. The summed E-state index contributed by atoms with van der Waals surface area (Å²) in [6.07, 6.45) is 1.52. The van der Waals surface area contributed by atoms with E-state index in [4.69, 9.17) is 4.74 Å². The van der Waals surface area contributed by atoms with Crippen LogP contribution in [0.3, 0.4) is 0 Å². The largest absolute Gasteiger partial charge is 0.444 e. The van der Waals surface area contributed by atoms with Gasteiger partial charge in [-0.2, -0.15) is 0 Å². The number of piperidine rings is 1. The van der Waals surface area contributed by atoms with Crippen LogP contribution in [0.2, 0.25) is 0 Å². The number of aryl methyl sites for hydroxylation is 1. The van der Waals surface area contributed by atoms with Crippen molar-refractivity contribution in [2.75, 3.05) is 0 Å². The van der Waals surface area contributed by atoms with Crippen molar-refractivity contribution >= 4 is 27.8 Å². The molecule has 5 nitrogen and oxygen atoms in total. The number of amides is 1. The normalized spacial score (nSPS) is 27.8. The van der Waals surface area contributed by atoms with E-state index in [0.717, 1.165) is 17.7 Å². The SMILES string of the molecule is Cc1ccc(Br)nc1CC(=O)[C@@H]1C[C@@]2(C)C[C@H]2N1C(=O)OC(C)(C)C. The summed E-state index contributed by atoms with van der Waals surface area (Å²) in [6, 6.07) is 3.51. The highest BCUT2D eigenvalue weighted by Gasteiger charge is 2.64. The summed E-state index contributed by atoms with van der Waals surface area (Å²) in [7, 11) is 0. The van der Waals surface area contributed by atoms with Crippen molar-refractivity contribution < 1.29 is 14.3 Å². The van der Waals surface area contributed by atoms with Crippen molar-refractivity contribution in [3.63, 3.8) is 0 Å². The first-order chi connectivity index (χ1) is 11.5. The summed E-state index contributed by atoms with van der Waals surface area (Å²) in [6.45, 7) is 9.63. The van der Waals surface area contributed by atoms with Gasteiger partial charge < -0.3 is 4.74 Å². The molecule has 1 aromatic rings. The maximum absolute atomic E-state index is 13.0. The molecule has 0 aromatic carbocycles. The van der Waals surface area contributed by atoms with Crippen LogP contribution in [0.5, 0.6) is 0 Å². The van der Waals surface area contributed by atoms with Crippen molar-refractivity contribution in [3.8, 4) is 0 Å². The van der Waals surface area contributed by atoms with Gasteiger partial charge in [-0.25, -0.2) is 9.78 Å². The number of carbonyl (C=O) groups is 2. The fraction of sp³-hybridized carbons (Fsp3) is 0.632. The van der Waals surface area contributed by atoms with Gasteiger partial charge in [0, 0.05) is 6.04 Å². The number of hydrogen-bond donors (Lipinski definition) is 0. The van der Waals surface area contributed by atoms with Crippen LogP contribution in [0, 0.1) is 12.3 Å². The lowest BCUT2D eigenvalue weighted by Gasteiger charge is -2.29. The average Bonchev–Trinajstić information content (AvgIpc) is 3.02. The molecule has 3 rings (SSSR count). The van der Waals surface area contributed by atoms with Crippen LogP contribution in [0.4, 0.5) is 4.79 Å². The van der Waals surface area contributed by atoms with Gasteiger partial charge in [0.1, 0.15) is 10.2 Å². The van der Waals surface area contributed by atoms with E-state index >= 15 is 0 Å². The van der Waals surface area contributed by atoms with Gasteiger partial charge in [0.05, 0.1) is 18.2 Å². The number of likely N-dealkylation sites (tertiary alicyclic amines) is 1. The lowest BCUT2D eigenvalue weighted by atomic mass is 9.96. The molecule has 1 aromatic heterocycles. The van der Waals surface area contributed by atoms with E-state index in [2.05, 4.69) is 27.8 Å². The summed E-state index contributed by atoms with van der Waals surface area (Å²) in [5, 5.41) is 0. The van der Waals surface area contributed by atoms with Crippen LogP contribution in [0.15, 0.2) is 16.7 Å². The molecule has 0 bridgehead atoms. The van der Waals surface area contributed by atoms with Crippen LogP contribution in [-0.4, -0.2) is 39.4 Å². The van der Waals surface area contributed by atoms with Crippen LogP contribution in [-0.2, 0) is 16.0 Å². The molecule has 2 fully saturated rings. The molecule has 0 radical (unpaired) electrons. The predicted octanol–water partition coefficient (Wildman–Crippen LogP) is 4.05. The minimum absolute atomic E-state index is 0.0352. The fourth-order valence-electron chi connectivity index (χ4n) is 3.64. The first kappa shape index (κ1) is 18.4. The Balaban J connectivity index is 1.78. The number of halogens is 1. The molecule has 3 atom stereocenters. The van der Waals surface area contributed by atoms with Gasteiger partial charge >= 0.3 is 6.09 Å².